The Morgan fingerprint density at radius 2 is 1.67 bits per heavy atom. The highest BCUT2D eigenvalue weighted by Gasteiger charge is 2.38. The minimum Gasteiger partial charge on any atom is -0.416 e. The molecule has 0 heterocycles. The maximum atomic E-state index is 8.52. The van der Waals surface area contributed by atoms with Crippen LogP contribution in [0.1, 0.15) is 34.6 Å². The predicted molar refractivity (Wildman–Crippen MR) is 67.2 cm³/mol. The number of nitrogens with zero attached hydrogens (tertiary/aromatic N) is 1. The lowest BCUT2D eigenvalue weighted by Gasteiger charge is -2.38. The van der Waals surface area contributed by atoms with Gasteiger partial charge in [-0.2, -0.15) is 0 Å². The number of oxime groups is 1. The van der Waals surface area contributed by atoms with Crippen LogP contribution in [-0.4, -0.2) is 26.3 Å². The van der Waals surface area contributed by atoms with Crippen molar-refractivity contribution in [2.75, 3.05) is 6.61 Å². The number of hydrogen-bond acceptors (Lipinski definition) is 3. The lowest BCUT2D eigenvalue weighted by atomic mass is 9.97. The van der Waals surface area contributed by atoms with E-state index in [0.29, 0.717) is 6.61 Å². The highest BCUT2D eigenvalue weighted by atomic mass is 28.4. The average molecular weight is 231 g/mol. The molecular weight excluding hydrogens is 206 g/mol. The molecule has 0 unspecified atom stereocenters. The number of rotatable bonds is 4. The molecule has 0 spiro atoms. The second kappa shape index (κ2) is 4.66. The second-order valence-corrected chi connectivity index (χ2v) is 11.1. The zero-order chi connectivity index (χ0) is 12.3. The molecule has 0 bridgehead atoms. The Kier molecular flexibility index (Phi) is 4.55. The van der Waals surface area contributed by atoms with Gasteiger partial charge >= 0.3 is 0 Å². The van der Waals surface area contributed by atoms with Crippen molar-refractivity contribution in [3.63, 3.8) is 0 Å². The van der Waals surface area contributed by atoms with Gasteiger partial charge in [0.1, 0.15) is 0 Å². The van der Waals surface area contributed by atoms with Crippen LogP contribution in [-0.2, 0) is 4.43 Å². The molecule has 0 amide bonds. The van der Waals surface area contributed by atoms with Gasteiger partial charge in [0.25, 0.3) is 0 Å². The van der Waals surface area contributed by atoms with E-state index in [-0.39, 0.29) is 10.5 Å². The van der Waals surface area contributed by atoms with Gasteiger partial charge in [-0.15, -0.1) is 5.16 Å². The van der Waals surface area contributed by atoms with E-state index in [2.05, 4.69) is 39.0 Å². The van der Waals surface area contributed by atoms with Gasteiger partial charge in [0, 0.05) is 12.0 Å². The van der Waals surface area contributed by atoms with E-state index in [9.17, 15) is 0 Å². The van der Waals surface area contributed by atoms with E-state index in [1.54, 1.807) is 0 Å². The van der Waals surface area contributed by atoms with Gasteiger partial charge < -0.3 is 9.63 Å². The summed E-state index contributed by atoms with van der Waals surface area (Å²) in [5, 5.41) is 11.8. The van der Waals surface area contributed by atoms with Crippen molar-refractivity contribution in [3.05, 3.63) is 0 Å². The molecule has 0 saturated carbocycles. The van der Waals surface area contributed by atoms with Crippen molar-refractivity contribution >= 4 is 14.5 Å². The summed E-state index contributed by atoms with van der Waals surface area (Å²) in [6.45, 7) is 15.7. The molecule has 4 heteroatoms. The second-order valence-electron chi connectivity index (χ2n) is 6.28. The zero-order valence-electron chi connectivity index (χ0n) is 11.1. The van der Waals surface area contributed by atoms with Crippen molar-refractivity contribution in [1.29, 1.82) is 0 Å². The molecule has 0 saturated heterocycles. The summed E-state index contributed by atoms with van der Waals surface area (Å²) in [6.07, 6.45) is 1.53. The average Bonchev–Trinajstić information content (AvgIpc) is 1.99. The molecule has 0 aromatic rings. The van der Waals surface area contributed by atoms with Crippen LogP contribution in [0.15, 0.2) is 5.16 Å². The summed E-state index contributed by atoms with van der Waals surface area (Å²) in [6, 6.07) is 0. The summed E-state index contributed by atoms with van der Waals surface area (Å²) < 4.78 is 6.05. The molecule has 0 rings (SSSR count). The van der Waals surface area contributed by atoms with Crippen LogP contribution in [0.5, 0.6) is 0 Å². The Hall–Kier alpha value is -0.353. The molecule has 0 aliphatic carbocycles. The molecule has 0 aromatic carbocycles. The monoisotopic (exact) mass is 231 g/mol. The van der Waals surface area contributed by atoms with Crippen LogP contribution < -0.4 is 0 Å². The molecule has 0 aliphatic heterocycles. The maximum absolute atomic E-state index is 8.52. The highest BCUT2D eigenvalue weighted by Crippen LogP contribution is 2.37. The minimum absolute atomic E-state index is 0.204. The molecule has 1 N–H and O–H groups in total. The molecule has 15 heavy (non-hydrogen) atoms. The van der Waals surface area contributed by atoms with Crippen molar-refractivity contribution < 1.29 is 9.63 Å². The van der Waals surface area contributed by atoms with Gasteiger partial charge in [0.15, 0.2) is 8.32 Å². The molecule has 3 nitrogen and oxygen atoms in total. The van der Waals surface area contributed by atoms with Gasteiger partial charge in [-0.05, 0) is 18.1 Å². The maximum Gasteiger partial charge on any atom is 0.192 e. The molecule has 90 valence electrons. The third-order valence-electron chi connectivity index (χ3n) is 3.02. The Morgan fingerprint density at radius 3 is 2.00 bits per heavy atom. The van der Waals surface area contributed by atoms with Crippen LogP contribution >= 0.6 is 0 Å². The van der Waals surface area contributed by atoms with Gasteiger partial charge in [0.05, 0.1) is 6.21 Å². The van der Waals surface area contributed by atoms with Gasteiger partial charge in [0.2, 0.25) is 0 Å². The first kappa shape index (κ1) is 14.6. The van der Waals surface area contributed by atoms with Crippen LogP contribution in [0, 0.1) is 5.41 Å². The van der Waals surface area contributed by atoms with Crippen LogP contribution in [0.25, 0.3) is 0 Å². The summed E-state index contributed by atoms with van der Waals surface area (Å²) in [5.74, 6) is 0. The van der Waals surface area contributed by atoms with E-state index in [1.165, 1.54) is 6.21 Å². The van der Waals surface area contributed by atoms with E-state index >= 15 is 0 Å². The van der Waals surface area contributed by atoms with Gasteiger partial charge in [-0.1, -0.05) is 34.6 Å². The fourth-order valence-corrected chi connectivity index (χ4v) is 1.94. The van der Waals surface area contributed by atoms with Crippen molar-refractivity contribution in [3.8, 4) is 0 Å². The van der Waals surface area contributed by atoms with Crippen LogP contribution in [0.2, 0.25) is 18.1 Å². The number of hydrogen-bond donors (Lipinski definition) is 1. The van der Waals surface area contributed by atoms with Gasteiger partial charge in [-0.3, -0.25) is 0 Å². The normalized spacial score (nSPS) is 14.9. The van der Waals surface area contributed by atoms with E-state index < -0.39 is 8.32 Å². The fraction of sp³-hybridized carbons (Fsp3) is 0.909. The molecule has 0 atom stereocenters. The van der Waals surface area contributed by atoms with Crippen LogP contribution in [0.4, 0.5) is 0 Å². The van der Waals surface area contributed by atoms with Crippen molar-refractivity contribution in [2.45, 2.75) is 52.8 Å². The standard InChI is InChI=1S/C11H25NO2Si/c1-10(2,3)15(6,7)14-9-11(4,5)8-12-13/h8,13H,9H2,1-7H3/b12-8+. The SMILES string of the molecule is CC(C)(/C=N/O)CO[Si](C)(C)C(C)(C)C. The Morgan fingerprint density at radius 1 is 1.20 bits per heavy atom. The quantitative estimate of drug-likeness (QED) is 0.348. The summed E-state index contributed by atoms with van der Waals surface area (Å²) in [4.78, 5) is 0. The van der Waals surface area contributed by atoms with E-state index in [1.807, 2.05) is 13.8 Å². The minimum atomic E-state index is -1.69. The molecular formula is C11H25NO2Si. The first-order chi connectivity index (χ1) is 6.52. The molecule has 0 fully saturated rings. The molecule has 0 radical (unpaired) electrons. The van der Waals surface area contributed by atoms with Crippen LogP contribution in [0.3, 0.4) is 0 Å². The smallest absolute Gasteiger partial charge is 0.192 e. The zero-order valence-corrected chi connectivity index (χ0v) is 12.1. The Balaban J connectivity index is 4.39. The largest absolute Gasteiger partial charge is 0.416 e. The third-order valence-corrected chi connectivity index (χ3v) is 7.50. The Bertz CT molecular complexity index is 229. The third kappa shape index (κ3) is 4.80. The molecule has 0 aliphatic rings. The fourth-order valence-electron chi connectivity index (χ4n) is 0.776. The van der Waals surface area contributed by atoms with Crippen molar-refractivity contribution in [2.24, 2.45) is 10.6 Å². The van der Waals surface area contributed by atoms with Gasteiger partial charge in [-0.25, -0.2) is 0 Å². The highest BCUT2D eigenvalue weighted by molar-refractivity contribution is 6.74. The predicted octanol–water partition coefficient (Wildman–Crippen LogP) is 3.49. The summed E-state index contributed by atoms with van der Waals surface area (Å²) >= 11 is 0. The Labute approximate surface area is 94.7 Å². The van der Waals surface area contributed by atoms with Crippen molar-refractivity contribution in [1.82, 2.24) is 0 Å². The van der Waals surface area contributed by atoms with E-state index in [0.717, 1.165) is 0 Å². The molecule has 0 aromatic heterocycles. The van der Waals surface area contributed by atoms with E-state index in [4.69, 9.17) is 9.63 Å². The summed E-state index contributed by atoms with van der Waals surface area (Å²) in [7, 11) is -1.69. The lowest BCUT2D eigenvalue weighted by Crippen LogP contribution is -2.43. The summed E-state index contributed by atoms with van der Waals surface area (Å²) in [5.41, 5.74) is -0.204. The topological polar surface area (TPSA) is 41.8 Å². The lowest BCUT2D eigenvalue weighted by molar-refractivity contribution is 0.213. The first-order valence-corrected chi connectivity index (χ1v) is 8.25. The first-order valence-electron chi connectivity index (χ1n) is 5.34.